The summed E-state index contributed by atoms with van der Waals surface area (Å²) in [4.78, 5) is 24.5. The van der Waals surface area contributed by atoms with E-state index in [0.29, 0.717) is 25.9 Å². The molecule has 8 heteroatoms. The van der Waals surface area contributed by atoms with E-state index in [1.54, 1.807) is 4.90 Å². The molecule has 0 spiro atoms. The van der Waals surface area contributed by atoms with Gasteiger partial charge in [0.05, 0.1) is 0 Å². The van der Waals surface area contributed by atoms with E-state index in [-0.39, 0.29) is 29.6 Å². The number of likely N-dealkylation sites (tertiary alicyclic amines) is 1. The van der Waals surface area contributed by atoms with Gasteiger partial charge in [0.2, 0.25) is 0 Å². The highest BCUT2D eigenvalue weighted by atomic mass is 19.4. The molecular formula is C15H16F3NO4. The Bertz CT molecular complexity index is 563. The van der Waals surface area contributed by atoms with Gasteiger partial charge in [0.1, 0.15) is 5.75 Å². The Labute approximate surface area is 130 Å². The van der Waals surface area contributed by atoms with Crippen LogP contribution in [0.5, 0.6) is 5.75 Å². The second kappa shape index (κ2) is 6.89. The molecule has 2 rings (SSSR count). The molecule has 0 aromatic heterocycles. The van der Waals surface area contributed by atoms with Gasteiger partial charge in [-0.15, -0.1) is 13.2 Å². The number of rotatable bonds is 4. The summed E-state index contributed by atoms with van der Waals surface area (Å²) in [5.41, 5.74) is 0.274. The number of alkyl halides is 3. The van der Waals surface area contributed by atoms with E-state index in [0.717, 1.165) is 12.1 Å². The average molecular weight is 331 g/mol. The molecule has 0 saturated carbocycles. The van der Waals surface area contributed by atoms with Crippen LogP contribution >= 0.6 is 0 Å². The number of halogens is 3. The maximum absolute atomic E-state index is 12.3. The van der Waals surface area contributed by atoms with E-state index in [1.165, 1.54) is 12.1 Å². The Hall–Kier alpha value is -2.25. The number of ether oxygens (including phenoxy) is 1. The Kier molecular flexibility index (Phi) is 5.12. The number of benzene rings is 1. The average Bonchev–Trinajstić information content (AvgIpc) is 2.46. The van der Waals surface area contributed by atoms with Crippen molar-refractivity contribution in [1.82, 2.24) is 4.90 Å². The van der Waals surface area contributed by atoms with Gasteiger partial charge in [-0.25, -0.2) is 0 Å². The zero-order chi connectivity index (χ0) is 17.0. The van der Waals surface area contributed by atoms with Crippen LogP contribution < -0.4 is 4.74 Å². The molecule has 1 aromatic carbocycles. The number of carboxylic acids is 1. The summed E-state index contributed by atoms with van der Waals surface area (Å²) in [5.74, 6) is -1.46. The third kappa shape index (κ3) is 5.15. The van der Waals surface area contributed by atoms with E-state index >= 15 is 0 Å². The van der Waals surface area contributed by atoms with Gasteiger partial charge in [0.25, 0.3) is 5.91 Å². The first-order valence-electron chi connectivity index (χ1n) is 7.11. The summed E-state index contributed by atoms with van der Waals surface area (Å²) in [7, 11) is 0. The number of nitrogens with zero attached hydrogens (tertiary/aromatic N) is 1. The molecule has 0 radical (unpaired) electrons. The fourth-order valence-corrected chi connectivity index (χ4v) is 2.57. The summed E-state index contributed by atoms with van der Waals surface area (Å²) < 4.78 is 40.0. The van der Waals surface area contributed by atoms with Crippen LogP contribution in [0.3, 0.4) is 0 Å². The molecule has 5 nitrogen and oxygen atoms in total. The number of carboxylic acid groups (broad SMARTS) is 1. The van der Waals surface area contributed by atoms with Crippen LogP contribution in [-0.4, -0.2) is 41.3 Å². The van der Waals surface area contributed by atoms with Crippen molar-refractivity contribution in [2.45, 2.75) is 25.6 Å². The lowest BCUT2D eigenvalue weighted by atomic mass is 9.93. The van der Waals surface area contributed by atoms with E-state index in [2.05, 4.69) is 4.74 Å². The monoisotopic (exact) mass is 331 g/mol. The lowest BCUT2D eigenvalue weighted by molar-refractivity contribution is -0.274. The van der Waals surface area contributed by atoms with Crippen molar-refractivity contribution in [1.29, 1.82) is 0 Å². The van der Waals surface area contributed by atoms with Crippen molar-refractivity contribution in [2.75, 3.05) is 13.1 Å². The first kappa shape index (κ1) is 17.1. The normalized spacial score (nSPS) is 16.2. The Balaban J connectivity index is 1.92. The molecule has 23 heavy (non-hydrogen) atoms. The lowest BCUT2D eigenvalue weighted by Crippen LogP contribution is -2.38. The van der Waals surface area contributed by atoms with Crippen molar-refractivity contribution in [3.8, 4) is 5.75 Å². The molecule has 0 atom stereocenters. The van der Waals surface area contributed by atoms with E-state index in [9.17, 15) is 22.8 Å². The van der Waals surface area contributed by atoms with Gasteiger partial charge >= 0.3 is 12.3 Å². The highest BCUT2D eigenvalue weighted by Gasteiger charge is 2.31. The smallest absolute Gasteiger partial charge is 0.481 e. The molecule has 1 amide bonds. The summed E-state index contributed by atoms with van der Waals surface area (Å²) in [6.45, 7) is 0.884. The van der Waals surface area contributed by atoms with Gasteiger partial charge in [-0.05, 0) is 43.0 Å². The second-order valence-electron chi connectivity index (χ2n) is 5.41. The largest absolute Gasteiger partial charge is 0.573 e. The summed E-state index contributed by atoms with van der Waals surface area (Å²) >= 11 is 0. The molecule has 1 saturated heterocycles. The first-order chi connectivity index (χ1) is 10.7. The fourth-order valence-electron chi connectivity index (χ4n) is 2.57. The van der Waals surface area contributed by atoms with Gasteiger partial charge in [-0.1, -0.05) is 0 Å². The third-order valence-corrected chi connectivity index (χ3v) is 3.70. The zero-order valence-corrected chi connectivity index (χ0v) is 12.2. The predicted octanol–water partition coefficient (Wildman–Crippen LogP) is 2.91. The van der Waals surface area contributed by atoms with Gasteiger partial charge < -0.3 is 14.7 Å². The minimum atomic E-state index is -4.77. The van der Waals surface area contributed by atoms with Crippen molar-refractivity contribution >= 4 is 11.9 Å². The van der Waals surface area contributed by atoms with Gasteiger partial charge in [-0.3, -0.25) is 9.59 Å². The predicted molar refractivity (Wildman–Crippen MR) is 74.0 cm³/mol. The number of piperidine rings is 1. The van der Waals surface area contributed by atoms with Gasteiger partial charge in [0, 0.05) is 25.1 Å². The van der Waals surface area contributed by atoms with Crippen molar-refractivity contribution < 1.29 is 32.6 Å². The van der Waals surface area contributed by atoms with Crippen LogP contribution in [0.1, 0.15) is 29.6 Å². The topological polar surface area (TPSA) is 66.8 Å². The molecule has 1 aromatic rings. The quantitative estimate of drug-likeness (QED) is 0.921. The molecule has 1 heterocycles. The minimum absolute atomic E-state index is 0.0547. The van der Waals surface area contributed by atoms with Crippen LogP contribution in [0.4, 0.5) is 13.2 Å². The summed E-state index contributed by atoms with van der Waals surface area (Å²) in [6, 6.07) is 4.76. The molecular weight excluding hydrogens is 315 g/mol. The zero-order valence-electron chi connectivity index (χ0n) is 12.2. The molecule has 0 aliphatic carbocycles. The minimum Gasteiger partial charge on any atom is -0.481 e. The molecule has 1 N–H and O–H groups in total. The number of amides is 1. The van der Waals surface area contributed by atoms with E-state index in [4.69, 9.17) is 5.11 Å². The van der Waals surface area contributed by atoms with Gasteiger partial charge in [0.15, 0.2) is 0 Å². The molecule has 0 unspecified atom stereocenters. The van der Waals surface area contributed by atoms with E-state index in [1.807, 2.05) is 0 Å². The number of carbonyl (C=O) groups is 2. The Morgan fingerprint density at radius 1 is 1.17 bits per heavy atom. The maximum atomic E-state index is 12.3. The summed E-state index contributed by atoms with van der Waals surface area (Å²) in [6.07, 6.45) is -3.47. The molecule has 126 valence electrons. The van der Waals surface area contributed by atoms with Crippen LogP contribution in [0.25, 0.3) is 0 Å². The lowest BCUT2D eigenvalue weighted by Gasteiger charge is -2.31. The van der Waals surface area contributed by atoms with Crippen LogP contribution in [0, 0.1) is 5.92 Å². The van der Waals surface area contributed by atoms with E-state index < -0.39 is 12.3 Å². The maximum Gasteiger partial charge on any atom is 0.573 e. The molecule has 0 bridgehead atoms. The molecule has 1 aliphatic heterocycles. The standard InChI is InChI=1S/C15H16F3NO4/c16-15(17,18)23-12-3-1-11(2-4-12)14(22)19-7-5-10(6-8-19)9-13(20)21/h1-4,10H,5-9H2,(H,20,21). The Morgan fingerprint density at radius 3 is 2.22 bits per heavy atom. The first-order valence-corrected chi connectivity index (χ1v) is 7.11. The Morgan fingerprint density at radius 2 is 1.74 bits per heavy atom. The van der Waals surface area contributed by atoms with Gasteiger partial charge in [-0.2, -0.15) is 0 Å². The van der Waals surface area contributed by atoms with Crippen LogP contribution in [0.2, 0.25) is 0 Å². The SMILES string of the molecule is O=C(O)CC1CCN(C(=O)c2ccc(OC(F)(F)F)cc2)CC1. The second-order valence-corrected chi connectivity index (χ2v) is 5.41. The number of hydrogen-bond donors (Lipinski definition) is 1. The van der Waals surface area contributed by atoms with Crippen molar-refractivity contribution in [2.24, 2.45) is 5.92 Å². The summed E-state index contributed by atoms with van der Waals surface area (Å²) in [5, 5.41) is 8.75. The van der Waals surface area contributed by atoms with Crippen LogP contribution in [-0.2, 0) is 4.79 Å². The molecule has 1 fully saturated rings. The van der Waals surface area contributed by atoms with Crippen molar-refractivity contribution in [3.63, 3.8) is 0 Å². The molecule has 1 aliphatic rings. The highest BCUT2D eigenvalue weighted by molar-refractivity contribution is 5.94. The van der Waals surface area contributed by atoms with Crippen LogP contribution in [0.15, 0.2) is 24.3 Å². The number of hydrogen-bond acceptors (Lipinski definition) is 3. The number of carbonyl (C=O) groups excluding carboxylic acids is 1. The highest BCUT2D eigenvalue weighted by Crippen LogP contribution is 2.25. The third-order valence-electron chi connectivity index (χ3n) is 3.70. The fraction of sp³-hybridized carbons (Fsp3) is 0.467. The van der Waals surface area contributed by atoms with Crippen molar-refractivity contribution in [3.05, 3.63) is 29.8 Å². The number of aliphatic carboxylic acids is 1.